The number of alkyl halides is 3. The highest BCUT2D eigenvalue weighted by molar-refractivity contribution is 5.88. The Balaban J connectivity index is 1.95. The van der Waals surface area contributed by atoms with Gasteiger partial charge < -0.3 is 10.8 Å². The van der Waals surface area contributed by atoms with E-state index < -0.39 is 23.4 Å². The van der Waals surface area contributed by atoms with Gasteiger partial charge >= 0.3 is 12.1 Å². The van der Waals surface area contributed by atoms with Crippen LogP contribution in [0.25, 0.3) is 0 Å². The molecule has 0 aliphatic heterocycles. The summed E-state index contributed by atoms with van der Waals surface area (Å²) in [6.07, 6.45) is -2.61. The van der Waals surface area contributed by atoms with Gasteiger partial charge in [-0.3, -0.25) is 4.68 Å². The molecule has 8 heteroatoms. The van der Waals surface area contributed by atoms with Crippen LogP contribution in [0.2, 0.25) is 0 Å². The smallest absolute Gasteiger partial charge is 0.433 e. The molecule has 3 N–H and O–H groups in total. The normalized spacial score (nSPS) is 17.3. The van der Waals surface area contributed by atoms with Crippen molar-refractivity contribution in [1.82, 2.24) is 9.78 Å². The molecule has 3 rings (SSSR count). The van der Waals surface area contributed by atoms with E-state index in [9.17, 15) is 18.0 Å². The summed E-state index contributed by atoms with van der Waals surface area (Å²) in [5, 5.41) is 12.5. The number of aromatic nitrogens is 2. The van der Waals surface area contributed by atoms with Gasteiger partial charge in [-0.1, -0.05) is 18.2 Å². The molecule has 122 valence electrons. The van der Waals surface area contributed by atoms with Gasteiger partial charge in [0.2, 0.25) is 0 Å². The number of benzene rings is 1. The first-order valence-electron chi connectivity index (χ1n) is 6.98. The molecule has 1 aliphatic carbocycles. The van der Waals surface area contributed by atoms with Gasteiger partial charge in [0.15, 0.2) is 5.69 Å². The molecule has 0 saturated carbocycles. The van der Waals surface area contributed by atoms with Gasteiger partial charge in [0.05, 0.1) is 12.7 Å². The van der Waals surface area contributed by atoms with Crippen molar-refractivity contribution in [1.29, 1.82) is 0 Å². The quantitative estimate of drug-likeness (QED) is 0.905. The van der Waals surface area contributed by atoms with Gasteiger partial charge in [-0.05, 0) is 29.5 Å². The number of rotatable bonds is 3. The van der Waals surface area contributed by atoms with E-state index in [1.807, 2.05) is 12.1 Å². The molecule has 1 atom stereocenters. The first-order chi connectivity index (χ1) is 10.8. The Labute approximate surface area is 129 Å². The summed E-state index contributed by atoms with van der Waals surface area (Å²) in [4.78, 5) is 11.0. The second kappa shape index (κ2) is 5.38. The summed E-state index contributed by atoms with van der Waals surface area (Å²) in [6, 6.07) is 5.42. The van der Waals surface area contributed by atoms with Gasteiger partial charge in [-0.2, -0.15) is 18.3 Å². The second-order valence-electron chi connectivity index (χ2n) is 5.64. The molecule has 0 spiro atoms. The first-order valence-corrected chi connectivity index (χ1v) is 6.98. The number of nitrogens with two attached hydrogens (primary N) is 1. The Morgan fingerprint density at radius 2 is 2.04 bits per heavy atom. The van der Waals surface area contributed by atoms with Crippen LogP contribution in [0.1, 0.15) is 32.7 Å². The van der Waals surface area contributed by atoms with Gasteiger partial charge in [-0.25, -0.2) is 4.79 Å². The van der Waals surface area contributed by atoms with Crippen molar-refractivity contribution < 1.29 is 23.1 Å². The Morgan fingerprint density at radius 1 is 1.35 bits per heavy atom. The van der Waals surface area contributed by atoms with Crippen molar-refractivity contribution in [3.63, 3.8) is 0 Å². The lowest BCUT2D eigenvalue weighted by molar-refractivity contribution is -0.144. The maximum Gasteiger partial charge on any atom is 0.433 e. The fourth-order valence-electron chi connectivity index (χ4n) is 2.94. The predicted octanol–water partition coefficient (Wildman–Crippen LogP) is 2.07. The molecule has 1 aromatic carbocycles. The lowest BCUT2D eigenvalue weighted by atomic mass is 10.1. The molecule has 5 nitrogen and oxygen atoms in total. The van der Waals surface area contributed by atoms with Crippen LogP contribution in [0.5, 0.6) is 0 Å². The summed E-state index contributed by atoms with van der Waals surface area (Å²) >= 11 is 0. The van der Waals surface area contributed by atoms with E-state index in [0.717, 1.165) is 23.7 Å². The molecule has 1 heterocycles. The van der Waals surface area contributed by atoms with E-state index in [0.29, 0.717) is 16.7 Å². The van der Waals surface area contributed by atoms with E-state index in [1.165, 1.54) is 0 Å². The molecule has 1 aromatic heterocycles. The molecule has 0 saturated heterocycles. The average molecular weight is 325 g/mol. The molecular weight excluding hydrogens is 311 g/mol. The molecule has 1 aliphatic rings. The number of aromatic carboxylic acids is 1. The van der Waals surface area contributed by atoms with Crippen LogP contribution in [0, 0.1) is 0 Å². The highest BCUT2D eigenvalue weighted by Gasteiger charge is 2.40. The lowest BCUT2D eigenvalue weighted by Crippen LogP contribution is -2.19. The third-order valence-corrected chi connectivity index (χ3v) is 3.91. The van der Waals surface area contributed by atoms with Gasteiger partial charge in [-0.15, -0.1) is 0 Å². The average Bonchev–Trinajstić information content (AvgIpc) is 3.00. The van der Waals surface area contributed by atoms with E-state index in [1.54, 1.807) is 6.07 Å². The highest BCUT2D eigenvalue weighted by atomic mass is 19.4. The summed E-state index contributed by atoms with van der Waals surface area (Å²) in [7, 11) is 0. The van der Waals surface area contributed by atoms with Crippen LogP contribution in [0.3, 0.4) is 0 Å². The van der Waals surface area contributed by atoms with E-state index in [4.69, 9.17) is 10.8 Å². The van der Waals surface area contributed by atoms with E-state index in [2.05, 4.69) is 5.10 Å². The van der Waals surface area contributed by atoms with Crippen LogP contribution in [0.4, 0.5) is 13.2 Å². The number of carboxylic acids is 1. The first kappa shape index (κ1) is 15.5. The van der Waals surface area contributed by atoms with Crippen molar-refractivity contribution in [2.45, 2.75) is 31.6 Å². The molecule has 23 heavy (non-hydrogen) atoms. The second-order valence-corrected chi connectivity index (χ2v) is 5.64. The molecule has 0 radical (unpaired) electrons. The summed E-state index contributed by atoms with van der Waals surface area (Å²) < 4.78 is 40.1. The summed E-state index contributed by atoms with van der Waals surface area (Å²) in [5.74, 6) is -1.65. The minimum Gasteiger partial charge on any atom is -0.478 e. The number of hydrogen-bond donors (Lipinski definition) is 2. The Morgan fingerprint density at radius 3 is 2.70 bits per heavy atom. The maximum atomic E-state index is 13.1. The fraction of sp³-hybridized carbons (Fsp3) is 0.333. The van der Waals surface area contributed by atoms with Crippen LogP contribution in [-0.2, 0) is 25.6 Å². The molecule has 0 fully saturated rings. The Kier molecular flexibility index (Phi) is 3.63. The zero-order valence-electron chi connectivity index (χ0n) is 12.0. The van der Waals surface area contributed by atoms with Crippen LogP contribution < -0.4 is 5.73 Å². The number of carbonyl (C=O) groups is 1. The third kappa shape index (κ3) is 2.94. The number of carboxylic acid groups (broad SMARTS) is 1. The largest absolute Gasteiger partial charge is 0.478 e. The summed E-state index contributed by atoms with van der Waals surface area (Å²) in [6.45, 7) is -0.148. The highest BCUT2D eigenvalue weighted by Crippen LogP contribution is 2.32. The van der Waals surface area contributed by atoms with Crippen molar-refractivity contribution in [3.05, 3.63) is 52.3 Å². The molecular formula is C15H14F3N3O2. The Bertz CT molecular complexity index is 768. The van der Waals surface area contributed by atoms with Crippen LogP contribution in [-0.4, -0.2) is 26.9 Å². The molecule has 0 amide bonds. The lowest BCUT2D eigenvalue weighted by Gasteiger charge is -2.12. The van der Waals surface area contributed by atoms with Crippen molar-refractivity contribution >= 4 is 5.97 Å². The van der Waals surface area contributed by atoms with Crippen LogP contribution in [0.15, 0.2) is 24.4 Å². The van der Waals surface area contributed by atoms with Crippen molar-refractivity contribution in [2.75, 3.05) is 0 Å². The molecule has 1 unspecified atom stereocenters. The van der Waals surface area contributed by atoms with Crippen molar-refractivity contribution in [2.24, 2.45) is 5.73 Å². The van der Waals surface area contributed by atoms with E-state index >= 15 is 0 Å². The van der Waals surface area contributed by atoms with E-state index in [-0.39, 0.29) is 12.6 Å². The Hall–Kier alpha value is -2.35. The van der Waals surface area contributed by atoms with Gasteiger partial charge in [0.1, 0.15) is 5.56 Å². The zero-order valence-corrected chi connectivity index (χ0v) is 12.0. The fourth-order valence-corrected chi connectivity index (χ4v) is 2.94. The predicted molar refractivity (Wildman–Crippen MR) is 75.1 cm³/mol. The topological polar surface area (TPSA) is 81.1 Å². The number of fused-ring (bicyclic) bond motifs is 1. The standard InChI is InChI=1S/C15H14F3N3O2/c16-15(17,18)13-12(14(22)23)6-20-21(13)7-8-1-2-9-4-11(19)5-10(9)3-8/h1-3,6,11H,4-5,7,19H2,(H,22,23). The monoisotopic (exact) mass is 325 g/mol. The SMILES string of the molecule is NC1Cc2ccc(Cn3ncc(C(=O)O)c3C(F)(F)F)cc2C1. The molecule has 0 bridgehead atoms. The maximum absolute atomic E-state index is 13.1. The van der Waals surface area contributed by atoms with Gasteiger partial charge in [0, 0.05) is 6.04 Å². The number of hydrogen-bond acceptors (Lipinski definition) is 3. The number of nitrogens with zero attached hydrogens (tertiary/aromatic N) is 2. The van der Waals surface area contributed by atoms with Gasteiger partial charge in [0.25, 0.3) is 0 Å². The van der Waals surface area contributed by atoms with Crippen molar-refractivity contribution in [3.8, 4) is 0 Å². The molecule has 2 aromatic rings. The number of halogens is 3. The third-order valence-electron chi connectivity index (χ3n) is 3.91. The minimum absolute atomic E-state index is 0.0364. The van der Waals surface area contributed by atoms with Crippen LogP contribution >= 0.6 is 0 Å². The zero-order chi connectivity index (χ0) is 16.8. The summed E-state index contributed by atoms with van der Waals surface area (Å²) in [5.41, 5.74) is 6.53. The minimum atomic E-state index is -4.79.